The summed E-state index contributed by atoms with van der Waals surface area (Å²) >= 11 is 6.24. The Hall–Kier alpha value is -2.58. The van der Waals surface area contributed by atoms with Gasteiger partial charge in [0.15, 0.2) is 11.9 Å². The standard InChI is InChI=1S/C28H36ClNO6/c1-3-4-5-7-14-30-15-8-6-9-20-16-23(29)12-10-21(20)19-36-25-13-11-22(17-24(25)30)28(34,18-26(31)32)27(33)35-2/h3,10-13,16-17,26,31-32,34H,1,4-9,14-15,18-19H2,2H3. The Balaban J connectivity index is 2.03. The molecule has 7 nitrogen and oxygen atoms in total. The lowest BCUT2D eigenvalue weighted by Crippen LogP contribution is -2.40. The van der Waals surface area contributed by atoms with Crippen LogP contribution in [0.4, 0.5) is 5.69 Å². The number of anilines is 1. The third-order valence-electron chi connectivity index (χ3n) is 6.54. The zero-order valence-corrected chi connectivity index (χ0v) is 21.5. The summed E-state index contributed by atoms with van der Waals surface area (Å²) in [4.78, 5) is 14.7. The van der Waals surface area contributed by atoms with Crippen LogP contribution in [-0.2, 0) is 28.2 Å². The topological polar surface area (TPSA) is 99.5 Å². The van der Waals surface area contributed by atoms with Crippen LogP contribution >= 0.6 is 11.6 Å². The summed E-state index contributed by atoms with van der Waals surface area (Å²) in [5.74, 6) is -0.349. The number of allylic oxidation sites excluding steroid dienone is 1. The Bertz CT molecular complexity index is 1040. The smallest absolute Gasteiger partial charge is 0.342 e. The molecule has 8 heteroatoms. The van der Waals surface area contributed by atoms with E-state index in [1.165, 1.54) is 0 Å². The van der Waals surface area contributed by atoms with Gasteiger partial charge in [0.2, 0.25) is 0 Å². The predicted octanol–water partition coefficient (Wildman–Crippen LogP) is 4.48. The van der Waals surface area contributed by atoms with Gasteiger partial charge in [0.1, 0.15) is 12.4 Å². The molecule has 36 heavy (non-hydrogen) atoms. The van der Waals surface area contributed by atoms with Gasteiger partial charge in [0, 0.05) is 24.5 Å². The lowest BCUT2D eigenvalue weighted by Gasteiger charge is -2.31. The first-order chi connectivity index (χ1) is 17.3. The molecule has 1 atom stereocenters. The molecule has 0 spiro atoms. The highest BCUT2D eigenvalue weighted by atomic mass is 35.5. The van der Waals surface area contributed by atoms with Gasteiger partial charge in [-0.15, -0.1) is 6.58 Å². The maximum atomic E-state index is 12.5. The van der Waals surface area contributed by atoms with Crippen LogP contribution in [0.5, 0.6) is 5.75 Å². The molecule has 2 aromatic carbocycles. The van der Waals surface area contributed by atoms with E-state index in [1.54, 1.807) is 18.2 Å². The number of aliphatic hydroxyl groups is 3. The highest BCUT2D eigenvalue weighted by molar-refractivity contribution is 6.30. The minimum absolute atomic E-state index is 0.211. The summed E-state index contributed by atoms with van der Waals surface area (Å²) < 4.78 is 11.1. The first kappa shape index (κ1) is 28.0. The van der Waals surface area contributed by atoms with Crippen LogP contribution in [0, 0.1) is 0 Å². The number of aryl methyl sites for hydroxylation is 1. The van der Waals surface area contributed by atoms with Gasteiger partial charge in [-0.1, -0.05) is 29.8 Å². The van der Waals surface area contributed by atoms with Crippen molar-refractivity contribution in [3.05, 3.63) is 70.8 Å². The van der Waals surface area contributed by atoms with Crippen LogP contribution in [0.3, 0.4) is 0 Å². The number of hydrogen-bond donors (Lipinski definition) is 3. The molecular formula is C28H36ClNO6. The fourth-order valence-corrected chi connectivity index (χ4v) is 4.78. The van der Waals surface area contributed by atoms with E-state index in [1.807, 2.05) is 24.3 Å². The molecule has 0 aliphatic carbocycles. The minimum atomic E-state index is -2.22. The third kappa shape index (κ3) is 7.01. The number of halogens is 1. The summed E-state index contributed by atoms with van der Waals surface area (Å²) in [6, 6.07) is 10.8. The average molecular weight is 518 g/mol. The van der Waals surface area contributed by atoms with Crippen molar-refractivity contribution in [1.29, 1.82) is 0 Å². The normalized spacial score (nSPS) is 15.7. The number of aliphatic hydroxyl groups excluding tert-OH is 1. The number of nitrogens with zero attached hydrogens (tertiary/aromatic N) is 1. The van der Waals surface area contributed by atoms with E-state index >= 15 is 0 Å². The first-order valence-electron chi connectivity index (χ1n) is 12.4. The van der Waals surface area contributed by atoms with Crippen LogP contribution in [0.15, 0.2) is 49.1 Å². The number of methoxy groups -OCH3 is 1. The van der Waals surface area contributed by atoms with Crippen LogP contribution in [0.2, 0.25) is 5.02 Å². The van der Waals surface area contributed by atoms with Crippen LogP contribution in [-0.4, -0.2) is 47.8 Å². The van der Waals surface area contributed by atoms with E-state index in [2.05, 4.69) is 11.5 Å². The number of hydrogen-bond acceptors (Lipinski definition) is 7. The zero-order valence-electron chi connectivity index (χ0n) is 20.8. The van der Waals surface area contributed by atoms with Gasteiger partial charge in [-0.3, -0.25) is 0 Å². The van der Waals surface area contributed by atoms with Crippen LogP contribution < -0.4 is 9.64 Å². The van der Waals surface area contributed by atoms with Gasteiger partial charge in [0.05, 0.1) is 12.8 Å². The van der Waals surface area contributed by atoms with Gasteiger partial charge >= 0.3 is 5.97 Å². The Kier molecular flexibility index (Phi) is 10.2. The molecule has 0 saturated carbocycles. The number of rotatable bonds is 9. The molecule has 1 unspecified atom stereocenters. The summed E-state index contributed by atoms with van der Waals surface area (Å²) in [7, 11) is 1.15. The average Bonchev–Trinajstić information content (AvgIpc) is 2.88. The maximum absolute atomic E-state index is 12.5. The molecule has 0 bridgehead atoms. The predicted molar refractivity (Wildman–Crippen MR) is 140 cm³/mol. The largest absolute Gasteiger partial charge is 0.487 e. The monoisotopic (exact) mass is 517 g/mol. The fourth-order valence-electron chi connectivity index (χ4n) is 4.58. The van der Waals surface area contributed by atoms with E-state index in [4.69, 9.17) is 21.1 Å². The molecule has 1 heterocycles. The number of esters is 1. The second-order valence-corrected chi connectivity index (χ2v) is 9.59. The molecular weight excluding hydrogens is 482 g/mol. The van der Waals surface area contributed by atoms with Crippen LogP contribution in [0.25, 0.3) is 0 Å². The Morgan fingerprint density at radius 2 is 2.03 bits per heavy atom. The molecule has 1 aliphatic heterocycles. The van der Waals surface area contributed by atoms with Gasteiger partial charge in [-0.2, -0.15) is 0 Å². The number of fused-ring (bicyclic) bond motifs is 2. The SMILES string of the molecule is C=CCCCCN1CCCCc2cc(Cl)ccc2COc2ccc(C(O)(CC(O)O)C(=O)OC)cc21. The highest BCUT2D eigenvalue weighted by Crippen LogP contribution is 2.37. The van der Waals surface area contributed by atoms with Gasteiger partial charge in [0.25, 0.3) is 0 Å². The second kappa shape index (κ2) is 13.1. The van der Waals surface area contributed by atoms with Crippen LogP contribution in [0.1, 0.15) is 55.2 Å². The number of ether oxygens (including phenoxy) is 2. The van der Waals surface area contributed by atoms with Gasteiger partial charge < -0.3 is 29.7 Å². The highest BCUT2D eigenvalue weighted by Gasteiger charge is 2.41. The third-order valence-corrected chi connectivity index (χ3v) is 6.78. The molecule has 2 aromatic rings. The lowest BCUT2D eigenvalue weighted by molar-refractivity contribution is -0.175. The zero-order chi connectivity index (χ0) is 26.1. The van der Waals surface area contributed by atoms with Gasteiger partial charge in [-0.05, 0) is 79.5 Å². The lowest BCUT2D eigenvalue weighted by atomic mass is 9.89. The summed E-state index contributed by atoms with van der Waals surface area (Å²) in [5.41, 5.74) is 0.948. The van der Waals surface area contributed by atoms with Crippen molar-refractivity contribution in [2.24, 2.45) is 0 Å². The minimum Gasteiger partial charge on any atom is -0.487 e. The van der Waals surface area contributed by atoms with Crippen molar-refractivity contribution >= 4 is 23.3 Å². The Labute approximate surface area is 217 Å². The number of carbonyl (C=O) groups excluding carboxylic acids is 1. The van der Waals surface area contributed by atoms with E-state index < -0.39 is 24.3 Å². The summed E-state index contributed by atoms with van der Waals surface area (Å²) in [5, 5.41) is 31.1. The first-order valence-corrected chi connectivity index (χ1v) is 12.7. The molecule has 0 fully saturated rings. The van der Waals surface area contributed by atoms with Crippen molar-refractivity contribution in [3.8, 4) is 5.75 Å². The van der Waals surface area contributed by atoms with Crippen molar-refractivity contribution in [3.63, 3.8) is 0 Å². The molecule has 196 valence electrons. The molecule has 1 aliphatic rings. The van der Waals surface area contributed by atoms with E-state index in [-0.39, 0.29) is 5.56 Å². The molecule has 3 N–H and O–H groups in total. The number of carbonyl (C=O) groups is 1. The molecule has 3 rings (SSSR count). The van der Waals surface area contributed by atoms with Crippen molar-refractivity contribution in [2.45, 2.75) is 63.4 Å². The molecule has 0 aromatic heterocycles. The fraction of sp³-hybridized carbons (Fsp3) is 0.464. The summed E-state index contributed by atoms with van der Waals surface area (Å²) in [6.07, 6.45) is 5.01. The molecule has 0 amide bonds. The Morgan fingerprint density at radius 3 is 2.75 bits per heavy atom. The van der Waals surface area contributed by atoms with E-state index in [0.29, 0.717) is 17.4 Å². The van der Waals surface area contributed by atoms with E-state index in [0.717, 1.165) is 75.5 Å². The van der Waals surface area contributed by atoms with E-state index in [9.17, 15) is 20.1 Å². The maximum Gasteiger partial charge on any atom is 0.342 e. The number of unbranched alkanes of at least 4 members (excludes halogenated alkanes) is 2. The summed E-state index contributed by atoms with van der Waals surface area (Å²) in [6.45, 7) is 5.65. The Morgan fingerprint density at radius 1 is 1.22 bits per heavy atom. The van der Waals surface area contributed by atoms with Crippen molar-refractivity contribution in [2.75, 3.05) is 25.1 Å². The van der Waals surface area contributed by atoms with Crippen molar-refractivity contribution < 1.29 is 29.6 Å². The molecule has 0 radical (unpaired) electrons. The quantitative estimate of drug-likeness (QED) is 0.195. The second-order valence-electron chi connectivity index (χ2n) is 9.15. The van der Waals surface area contributed by atoms with Gasteiger partial charge in [-0.25, -0.2) is 4.79 Å². The molecule has 0 saturated heterocycles. The number of benzene rings is 2. The van der Waals surface area contributed by atoms with Crippen molar-refractivity contribution in [1.82, 2.24) is 0 Å².